The van der Waals surface area contributed by atoms with Gasteiger partial charge in [-0.25, -0.2) is 4.79 Å². The number of allylic oxidation sites excluding steroid dienone is 1. The lowest BCUT2D eigenvalue weighted by molar-refractivity contribution is -0.385. The summed E-state index contributed by atoms with van der Waals surface area (Å²) in [6.07, 6.45) is 1.48. The van der Waals surface area contributed by atoms with E-state index in [1.807, 2.05) is 50.1 Å². The Hall–Kier alpha value is -4.01. The number of non-ortho nitro benzene ring substituents is 1. The predicted octanol–water partition coefficient (Wildman–Crippen LogP) is 3.24. The molecule has 1 N–H and O–H groups in total. The van der Waals surface area contributed by atoms with Crippen LogP contribution in [0.5, 0.6) is 0 Å². The Balaban J connectivity index is 1.58. The highest BCUT2D eigenvalue weighted by atomic mass is 16.6. The third kappa shape index (κ3) is 3.45. The number of nitro benzene ring substituents is 1. The summed E-state index contributed by atoms with van der Waals surface area (Å²) < 4.78 is 0. The summed E-state index contributed by atoms with van der Waals surface area (Å²) in [4.78, 5) is 52.1. The van der Waals surface area contributed by atoms with Gasteiger partial charge in [0.05, 0.1) is 11.5 Å². The maximum atomic E-state index is 13.2. The molecule has 170 valence electrons. The van der Waals surface area contributed by atoms with Gasteiger partial charge in [0.1, 0.15) is 5.54 Å². The van der Waals surface area contributed by atoms with Crippen molar-refractivity contribution >= 4 is 29.1 Å². The van der Waals surface area contributed by atoms with Crippen molar-refractivity contribution in [2.24, 2.45) is 0 Å². The number of imide groups is 1. The summed E-state index contributed by atoms with van der Waals surface area (Å²) in [5.41, 5.74) is 1.000. The normalized spacial score (nSPS) is 22.5. The Bertz CT molecular complexity index is 1230. The maximum Gasteiger partial charge on any atom is 0.325 e. The number of urea groups is 1. The van der Waals surface area contributed by atoms with Crippen LogP contribution in [0.25, 0.3) is 0 Å². The van der Waals surface area contributed by atoms with Crippen molar-refractivity contribution in [2.45, 2.75) is 31.7 Å². The highest BCUT2D eigenvalue weighted by molar-refractivity contribution is 6.10. The van der Waals surface area contributed by atoms with Crippen LogP contribution in [0.1, 0.15) is 31.9 Å². The topological polar surface area (TPSA) is 113 Å². The Labute approximate surface area is 190 Å². The summed E-state index contributed by atoms with van der Waals surface area (Å²) in [7, 11) is 1.87. The number of fused-ring (bicyclic) bond motifs is 1. The number of nitrogens with zero attached hydrogens (tertiary/aromatic N) is 3. The monoisotopic (exact) mass is 448 g/mol. The molecule has 2 aromatic carbocycles. The fourth-order valence-corrected chi connectivity index (χ4v) is 4.58. The van der Waals surface area contributed by atoms with E-state index in [1.165, 1.54) is 37.3 Å². The van der Waals surface area contributed by atoms with Gasteiger partial charge in [0.25, 0.3) is 11.6 Å². The van der Waals surface area contributed by atoms with Crippen molar-refractivity contribution < 1.29 is 19.3 Å². The molecule has 1 saturated heterocycles. The summed E-state index contributed by atoms with van der Waals surface area (Å²) in [5, 5.41) is 13.7. The van der Waals surface area contributed by atoms with Gasteiger partial charge in [-0.15, -0.1) is 0 Å². The molecule has 2 aliphatic rings. The van der Waals surface area contributed by atoms with Crippen LogP contribution in [-0.2, 0) is 20.5 Å². The SMILES string of the molecule is CN1/C(=C\C(=O)CN2C(=O)NC(C)(c3cccc([N+](=O)[O-])c3)C2=O)C(C)(C)c2ccccc21. The minimum absolute atomic E-state index is 0.193. The molecule has 4 rings (SSSR count). The number of anilines is 1. The molecular formula is C24H24N4O5. The van der Waals surface area contributed by atoms with E-state index in [0.29, 0.717) is 0 Å². The lowest BCUT2D eigenvalue weighted by atomic mass is 9.83. The first-order valence-electron chi connectivity index (χ1n) is 10.4. The van der Waals surface area contributed by atoms with Crippen LogP contribution in [0, 0.1) is 10.1 Å². The molecule has 1 fully saturated rings. The van der Waals surface area contributed by atoms with Gasteiger partial charge in [-0.05, 0) is 24.1 Å². The summed E-state index contributed by atoms with van der Waals surface area (Å²) in [6.45, 7) is 5.07. The van der Waals surface area contributed by atoms with E-state index in [9.17, 15) is 24.5 Å². The van der Waals surface area contributed by atoms with Gasteiger partial charge >= 0.3 is 6.03 Å². The van der Waals surface area contributed by atoms with Crippen molar-refractivity contribution in [3.63, 3.8) is 0 Å². The highest BCUT2D eigenvalue weighted by Crippen LogP contribution is 2.46. The fraction of sp³-hybridized carbons (Fsp3) is 0.292. The van der Waals surface area contributed by atoms with Crippen LogP contribution in [0.2, 0.25) is 0 Å². The van der Waals surface area contributed by atoms with Crippen molar-refractivity contribution in [2.75, 3.05) is 18.5 Å². The zero-order valence-corrected chi connectivity index (χ0v) is 18.8. The Morgan fingerprint density at radius 2 is 1.82 bits per heavy atom. The van der Waals surface area contributed by atoms with Crippen LogP contribution in [0.4, 0.5) is 16.2 Å². The van der Waals surface area contributed by atoms with Crippen LogP contribution in [0.15, 0.2) is 60.3 Å². The lowest BCUT2D eigenvalue weighted by Gasteiger charge is -2.24. The number of hydrogen-bond acceptors (Lipinski definition) is 6. The van der Waals surface area contributed by atoms with Gasteiger partial charge in [-0.1, -0.05) is 44.2 Å². The van der Waals surface area contributed by atoms with E-state index in [4.69, 9.17) is 0 Å². The third-order valence-corrected chi connectivity index (χ3v) is 6.46. The maximum absolute atomic E-state index is 13.2. The van der Waals surface area contributed by atoms with Crippen molar-refractivity contribution in [3.05, 3.63) is 81.5 Å². The molecule has 9 heteroatoms. The highest BCUT2D eigenvalue weighted by Gasteiger charge is 2.50. The van der Waals surface area contributed by atoms with Gasteiger partial charge in [0.15, 0.2) is 5.78 Å². The van der Waals surface area contributed by atoms with Gasteiger partial charge in [-0.3, -0.25) is 24.6 Å². The second kappa shape index (κ2) is 7.54. The summed E-state index contributed by atoms with van der Waals surface area (Å²) in [6, 6.07) is 12.7. The molecule has 0 bridgehead atoms. The first-order chi connectivity index (χ1) is 15.5. The van der Waals surface area contributed by atoms with Crippen LogP contribution >= 0.6 is 0 Å². The number of amides is 3. The molecule has 1 atom stereocenters. The molecule has 0 aromatic heterocycles. The fourth-order valence-electron chi connectivity index (χ4n) is 4.58. The number of carbonyl (C=O) groups is 3. The number of rotatable bonds is 5. The first-order valence-corrected chi connectivity index (χ1v) is 10.4. The average molecular weight is 448 g/mol. The average Bonchev–Trinajstić information content (AvgIpc) is 3.11. The first kappa shape index (κ1) is 22.2. The minimum Gasteiger partial charge on any atom is -0.347 e. The molecule has 0 aliphatic carbocycles. The van der Waals surface area contributed by atoms with Crippen molar-refractivity contribution in [1.29, 1.82) is 0 Å². The van der Waals surface area contributed by atoms with Crippen LogP contribution < -0.4 is 10.2 Å². The van der Waals surface area contributed by atoms with Crippen molar-refractivity contribution in [1.82, 2.24) is 10.2 Å². The predicted molar refractivity (Wildman–Crippen MR) is 122 cm³/mol. The molecule has 9 nitrogen and oxygen atoms in total. The van der Waals surface area contributed by atoms with Gasteiger partial charge in [0, 0.05) is 42.1 Å². The number of nitro groups is 1. The number of benzene rings is 2. The van der Waals surface area contributed by atoms with Crippen LogP contribution in [0.3, 0.4) is 0 Å². The van der Waals surface area contributed by atoms with Gasteiger partial charge < -0.3 is 10.2 Å². The number of para-hydroxylation sites is 1. The van der Waals surface area contributed by atoms with E-state index in [2.05, 4.69) is 5.32 Å². The van der Waals surface area contributed by atoms with E-state index >= 15 is 0 Å². The molecule has 0 radical (unpaired) electrons. The van der Waals surface area contributed by atoms with Crippen LogP contribution in [-0.4, -0.2) is 41.1 Å². The molecule has 2 aliphatic heterocycles. The Morgan fingerprint density at radius 1 is 1.12 bits per heavy atom. The number of carbonyl (C=O) groups excluding carboxylic acids is 3. The molecule has 0 spiro atoms. The molecule has 33 heavy (non-hydrogen) atoms. The van der Waals surface area contributed by atoms with E-state index in [-0.39, 0.29) is 11.3 Å². The molecular weight excluding hydrogens is 424 g/mol. The van der Waals surface area contributed by atoms with E-state index in [1.54, 1.807) is 0 Å². The number of likely N-dealkylation sites (N-methyl/N-ethyl adjacent to an activating group) is 1. The standard InChI is InChI=1S/C24H24N4O5/c1-23(2)18-10-5-6-11-19(18)26(4)20(23)13-17(29)14-27-21(30)24(3,25-22(27)31)15-8-7-9-16(12-15)28(32)33/h5-13H,14H2,1-4H3,(H,25,31)/b20-13-. The van der Waals surface area contributed by atoms with Gasteiger partial charge in [-0.2, -0.15) is 0 Å². The number of ketones is 1. The molecule has 2 heterocycles. The quantitative estimate of drug-likeness (QED) is 0.325. The van der Waals surface area contributed by atoms with E-state index in [0.717, 1.165) is 21.8 Å². The van der Waals surface area contributed by atoms with Crippen molar-refractivity contribution in [3.8, 4) is 0 Å². The second-order valence-electron chi connectivity index (χ2n) is 8.95. The second-order valence-corrected chi connectivity index (χ2v) is 8.95. The Kier molecular flexibility index (Phi) is 5.07. The minimum atomic E-state index is -1.50. The smallest absolute Gasteiger partial charge is 0.325 e. The number of nitrogens with one attached hydrogen (secondary N) is 1. The summed E-state index contributed by atoms with van der Waals surface area (Å²) in [5.74, 6) is -1.04. The van der Waals surface area contributed by atoms with E-state index < -0.39 is 40.1 Å². The lowest BCUT2D eigenvalue weighted by Crippen LogP contribution is -2.41. The Morgan fingerprint density at radius 3 is 2.48 bits per heavy atom. The zero-order chi connectivity index (χ0) is 24.1. The molecule has 1 unspecified atom stereocenters. The number of hydrogen-bond donors (Lipinski definition) is 1. The molecule has 2 aromatic rings. The zero-order valence-electron chi connectivity index (χ0n) is 18.8. The molecule has 0 saturated carbocycles. The van der Waals surface area contributed by atoms with Gasteiger partial charge in [0.2, 0.25) is 0 Å². The largest absolute Gasteiger partial charge is 0.347 e. The molecule has 3 amide bonds. The third-order valence-electron chi connectivity index (χ3n) is 6.46. The summed E-state index contributed by atoms with van der Waals surface area (Å²) >= 11 is 0.